The highest BCUT2D eigenvalue weighted by Crippen LogP contribution is 2.31. The van der Waals surface area contributed by atoms with Gasteiger partial charge < -0.3 is 9.55 Å². The molecule has 2 aromatic rings. The molecule has 1 fully saturated rings. The first-order valence-corrected chi connectivity index (χ1v) is 7.95. The molecular formula is C15H19ClN2S. The second-order valence-corrected chi connectivity index (χ2v) is 6.23. The Hall–Kier alpha value is -0.800. The molecule has 0 unspecified atom stereocenters. The van der Waals surface area contributed by atoms with E-state index >= 15 is 0 Å². The summed E-state index contributed by atoms with van der Waals surface area (Å²) in [6.07, 6.45) is 9.17. The normalized spacial score (nSPS) is 18.4. The van der Waals surface area contributed by atoms with Crippen LogP contribution >= 0.6 is 23.8 Å². The highest BCUT2D eigenvalue weighted by Gasteiger charge is 2.17. The molecule has 1 aliphatic rings. The number of para-hydroxylation sites is 1. The van der Waals surface area contributed by atoms with Gasteiger partial charge in [-0.1, -0.05) is 49.8 Å². The van der Waals surface area contributed by atoms with Gasteiger partial charge in [-0.15, -0.1) is 0 Å². The molecule has 1 aromatic heterocycles. The van der Waals surface area contributed by atoms with Crippen LogP contribution in [0.15, 0.2) is 18.2 Å². The largest absolute Gasteiger partial charge is 0.329 e. The number of rotatable bonds is 1. The second kappa shape index (κ2) is 5.68. The van der Waals surface area contributed by atoms with Gasteiger partial charge in [0.25, 0.3) is 0 Å². The molecule has 1 saturated carbocycles. The molecule has 3 rings (SSSR count). The van der Waals surface area contributed by atoms with Crippen LogP contribution in [0.25, 0.3) is 11.0 Å². The Kier molecular flexibility index (Phi) is 3.94. The predicted molar refractivity (Wildman–Crippen MR) is 83.5 cm³/mol. The molecule has 1 aromatic carbocycles. The van der Waals surface area contributed by atoms with E-state index < -0.39 is 0 Å². The molecule has 0 radical (unpaired) electrons. The molecule has 0 aliphatic heterocycles. The van der Waals surface area contributed by atoms with Gasteiger partial charge in [0.1, 0.15) is 0 Å². The Morgan fingerprint density at radius 1 is 1.11 bits per heavy atom. The molecule has 0 saturated heterocycles. The topological polar surface area (TPSA) is 20.7 Å². The van der Waals surface area contributed by atoms with Crippen molar-refractivity contribution >= 4 is 34.9 Å². The Morgan fingerprint density at radius 3 is 2.53 bits per heavy atom. The second-order valence-electron chi connectivity index (χ2n) is 5.43. The van der Waals surface area contributed by atoms with Crippen LogP contribution in [0.1, 0.15) is 51.0 Å². The van der Waals surface area contributed by atoms with Crippen molar-refractivity contribution in [1.29, 1.82) is 0 Å². The van der Waals surface area contributed by atoms with Gasteiger partial charge in [0.2, 0.25) is 0 Å². The van der Waals surface area contributed by atoms with Gasteiger partial charge in [0.15, 0.2) is 4.77 Å². The third-order valence-corrected chi connectivity index (χ3v) is 4.76. The molecule has 2 nitrogen and oxygen atoms in total. The van der Waals surface area contributed by atoms with Crippen LogP contribution in [0, 0.1) is 4.77 Å². The van der Waals surface area contributed by atoms with E-state index in [1.807, 2.05) is 12.1 Å². The van der Waals surface area contributed by atoms with E-state index in [1.165, 1.54) is 44.9 Å². The van der Waals surface area contributed by atoms with Gasteiger partial charge in [0.05, 0.1) is 16.1 Å². The zero-order valence-corrected chi connectivity index (χ0v) is 12.6. The summed E-state index contributed by atoms with van der Waals surface area (Å²) < 4.78 is 3.11. The minimum Gasteiger partial charge on any atom is -0.329 e. The first kappa shape index (κ1) is 13.2. The smallest absolute Gasteiger partial charge is 0.178 e. The minimum atomic E-state index is 0.528. The molecular weight excluding hydrogens is 276 g/mol. The molecule has 1 aliphatic carbocycles. The van der Waals surface area contributed by atoms with E-state index in [-0.39, 0.29) is 0 Å². The number of aromatic nitrogens is 2. The maximum atomic E-state index is 6.25. The predicted octanol–water partition coefficient (Wildman–Crippen LogP) is 5.64. The van der Waals surface area contributed by atoms with Crippen LogP contribution in [-0.4, -0.2) is 9.55 Å². The van der Waals surface area contributed by atoms with Crippen molar-refractivity contribution in [1.82, 2.24) is 9.55 Å². The summed E-state index contributed by atoms with van der Waals surface area (Å²) in [6.45, 7) is 0. The molecule has 102 valence electrons. The number of halogens is 1. The monoisotopic (exact) mass is 294 g/mol. The summed E-state index contributed by atoms with van der Waals surface area (Å²) in [5.74, 6) is 0. The van der Waals surface area contributed by atoms with Crippen LogP contribution in [0.2, 0.25) is 5.02 Å². The van der Waals surface area contributed by atoms with E-state index in [2.05, 4.69) is 15.6 Å². The van der Waals surface area contributed by atoms with Gasteiger partial charge in [0, 0.05) is 6.04 Å². The van der Waals surface area contributed by atoms with E-state index in [0.717, 1.165) is 20.8 Å². The first-order valence-electron chi connectivity index (χ1n) is 7.16. The lowest BCUT2D eigenvalue weighted by atomic mass is 9.96. The molecule has 4 heteroatoms. The zero-order chi connectivity index (χ0) is 13.2. The fraction of sp³-hybridized carbons (Fsp3) is 0.533. The molecule has 0 spiro atoms. The quantitative estimate of drug-likeness (QED) is 0.675. The molecule has 19 heavy (non-hydrogen) atoms. The van der Waals surface area contributed by atoms with Crippen molar-refractivity contribution < 1.29 is 0 Å². The van der Waals surface area contributed by atoms with E-state index in [9.17, 15) is 0 Å². The van der Waals surface area contributed by atoms with Crippen LogP contribution in [0.3, 0.4) is 0 Å². The Labute approximate surface area is 123 Å². The summed E-state index contributed by atoms with van der Waals surface area (Å²) in [5.41, 5.74) is 2.14. The Balaban J connectivity index is 2.05. The van der Waals surface area contributed by atoms with Crippen molar-refractivity contribution in [2.45, 2.75) is 51.0 Å². The maximum Gasteiger partial charge on any atom is 0.178 e. The summed E-state index contributed by atoms with van der Waals surface area (Å²) >= 11 is 11.8. The average molecular weight is 295 g/mol. The number of aromatic amines is 1. The third-order valence-electron chi connectivity index (χ3n) is 4.14. The van der Waals surface area contributed by atoms with E-state index in [1.54, 1.807) is 0 Å². The fourth-order valence-electron chi connectivity index (χ4n) is 3.17. The third kappa shape index (κ3) is 2.59. The number of hydrogen-bond acceptors (Lipinski definition) is 1. The van der Waals surface area contributed by atoms with Gasteiger partial charge in [-0.05, 0) is 37.2 Å². The molecule has 1 heterocycles. The van der Waals surface area contributed by atoms with Crippen molar-refractivity contribution in [3.05, 3.63) is 28.0 Å². The molecule has 0 bridgehead atoms. The van der Waals surface area contributed by atoms with Crippen molar-refractivity contribution in [2.24, 2.45) is 0 Å². The maximum absolute atomic E-state index is 6.25. The number of fused-ring (bicyclic) bond motifs is 1. The van der Waals surface area contributed by atoms with E-state index in [4.69, 9.17) is 23.8 Å². The molecule has 0 atom stereocenters. The number of hydrogen-bond donors (Lipinski definition) is 1. The van der Waals surface area contributed by atoms with Gasteiger partial charge >= 0.3 is 0 Å². The molecule has 0 amide bonds. The van der Waals surface area contributed by atoms with Crippen molar-refractivity contribution in [2.75, 3.05) is 0 Å². The number of benzene rings is 1. The number of imidazole rings is 1. The summed E-state index contributed by atoms with van der Waals surface area (Å²) in [6, 6.07) is 6.57. The highest BCUT2D eigenvalue weighted by atomic mass is 35.5. The lowest BCUT2D eigenvalue weighted by molar-refractivity contribution is 0.376. The SMILES string of the molecule is S=c1[nH]c2c(Cl)cccc2n1C1CCCCCCC1. The van der Waals surface area contributed by atoms with Crippen LogP contribution in [0.5, 0.6) is 0 Å². The van der Waals surface area contributed by atoms with Gasteiger partial charge in [-0.25, -0.2) is 0 Å². The van der Waals surface area contributed by atoms with Crippen LogP contribution in [-0.2, 0) is 0 Å². The van der Waals surface area contributed by atoms with Gasteiger partial charge in [-0.3, -0.25) is 0 Å². The lowest BCUT2D eigenvalue weighted by Crippen LogP contribution is -2.11. The number of nitrogens with one attached hydrogen (secondary N) is 1. The zero-order valence-electron chi connectivity index (χ0n) is 11.0. The molecule has 1 N–H and O–H groups in total. The van der Waals surface area contributed by atoms with Crippen molar-refractivity contribution in [3.63, 3.8) is 0 Å². The van der Waals surface area contributed by atoms with Crippen molar-refractivity contribution in [3.8, 4) is 0 Å². The highest BCUT2D eigenvalue weighted by molar-refractivity contribution is 7.71. The Bertz CT molecular complexity index is 621. The fourth-order valence-corrected chi connectivity index (χ4v) is 3.74. The van der Waals surface area contributed by atoms with Crippen LogP contribution < -0.4 is 0 Å². The van der Waals surface area contributed by atoms with Crippen LogP contribution in [0.4, 0.5) is 0 Å². The summed E-state index contributed by atoms with van der Waals surface area (Å²) in [4.78, 5) is 3.27. The summed E-state index contributed by atoms with van der Waals surface area (Å²) in [7, 11) is 0. The number of H-pyrrole nitrogens is 1. The Morgan fingerprint density at radius 2 is 1.79 bits per heavy atom. The summed E-state index contributed by atoms with van der Waals surface area (Å²) in [5, 5.41) is 0.758. The standard InChI is InChI=1S/C15H19ClN2S/c16-12-9-6-10-13-14(12)17-15(19)18(13)11-7-4-2-1-3-5-8-11/h6,9-11H,1-5,7-8H2,(H,17,19). The first-order chi connectivity index (χ1) is 9.27. The van der Waals surface area contributed by atoms with Gasteiger partial charge in [-0.2, -0.15) is 0 Å². The van der Waals surface area contributed by atoms with E-state index in [0.29, 0.717) is 6.04 Å². The minimum absolute atomic E-state index is 0.528. The average Bonchev–Trinajstić information content (AvgIpc) is 2.68. The number of nitrogens with zero attached hydrogens (tertiary/aromatic N) is 1. The lowest BCUT2D eigenvalue weighted by Gasteiger charge is -2.22.